The zero-order valence-electron chi connectivity index (χ0n) is 19.9. The second-order valence-corrected chi connectivity index (χ2v) is 10.0. The number of rotatable bonds is 4. The molecular weight excluding hydrogens is 460 g/mol. The molecule has 0 saturated carbocycles. The molecule has 2 aromatic heterocycles. The maximum atomic E-state index is 13.1. The lowest BCUT2D eigenvalue weighted by Crippen LogP contribution is -2.39. The number of hydrogen-bond acceptors (Lipinski definition) is 8. The minimum Gasteiger partial charge on any atom is -0.494 e. The SMILES string of the molecule is Cc1ccc2c(N)c(C(=O)N[C@H]3CCc4c(ccc(N(C)/C=C5/CNCCO5)c4C#N)C3)sc2n1. The summed E-state index contributed by atoms with van der Waals surface area (Å²) in [5.41, 5.74) is 11.4. The van der Waals surface area contributed by atoms with E-state index in [0.29, 0.717) is 35.7 Å². The van der Waals surface area contributed by atoms with Gasteiger partial charge < -0.3 is 26.0 Å². The second kappa shape index (κ2) is 9.56. The summed E-state index contributed by atoms with van der Waals surface area (Å²) in [5, 5.41) is 17.2. The lowest BCUT2D eigenvalue weighted by Gasteiger charge is -2.28. The largest absolute Gasteiger partial charge is 0.494 e. The standard InChI is InChI=1S/C26H28N6O2S/c1-15-3-6-20-23(28)24(35-26(20)30-15)25(33)31-17-5-7-19-16(11-17)4-8-22(21(19)12-27)32(2)14-18-13-29-9-10-34-18/h3-4,6,8,14,17,29H,5,7,9-11,13,28H2,1-2H3,(H,31,33)/b18-14-/t17-/m0/s1. The zero-order valence-corrected chi connectivity index (χ0v) is 20.7. The molecule has 35 heavy (non-hydrogen) atoms. The topological polar surface area (TPSA) is 116 Å². The summed E-state index contributed by atoms with van der Waals surface area (Å²) in [7, 11) is 1.94. The minimum atomic E-state index is -0.166. The number of amides is 1. The number of aromatic nitrogens is 1. The van der Waals surface area contributed by atoms with E-state index in [9.17, 15) is 10.1 Å². The van der Waals surface area contributed by atoms with Gasteiger partial charge in [-0.05, 0) is 55.5 Å². The fourth-order valence-electron chi connectivity index (χ4n) is 4.78. The van der Waals surface area contributed by atoms with E-state index >= 15 is 0 Å². The van der Waals surface area contributed by atoms with Gasteiger partial charge in [-0.25, -0.2) is 4.98 Å². The fourth-order valence-corrected chi connectivity index (χ4v) is 5.82. The van der Waals surface area contributed by atoms with Gasteiger partial charge in [0.05, 0.1) is 23.5 Å². The first kappa shape index (κ1) is 23.1. The Morgan fingerprint density at radius 1 is 1.40 bits per heavy atom. The molecule has 1 fully saturated rings. The van der Waals surface area contributed by atoms with E-state index in [1.807, 2.05) is 43.3 Å². The van der Waals surface area contributed by atoms with Gasteiger partial charge in [0.15, 0.2) is 0 Å². The normalized spacial score (nSPS) is 18.5. The van der Waals surface area contributed by atoms with E-state index in [2.05, 4.69) is 27.8 Å². The van der Waals surface area contributed by atoms with E-state index in [4.69, 9.17) is 10.5 Å². The molecule has 1 amide bonds. The van der Waals surface area contributed by atoms with Crippen LogP contribution in [-0.4, -0.2) is 43.7 Å². The molecule has 3 aromatic rings. The average molecular weight is 489 g/mol. The number of thiophene rings is 1. The van der Waals surface area contributed by atoms with Crippen molar-refractivity contribution in [2.75, 3.05) is 37.4 Å². The van der Waals surface area contributed by atoms with Crippen LogP contribution in [0.4, 0.5) is 11.4 Å². The smallest absolute Gasteiger partial charge is 0.263 e. The lowest BCUT2D eigenvalue weighted by molar-refractivity contribution is 0.0938. The van der Waals surface area contributed by atoms with Gasteiger partial charge in [0.2, 0.25) is 0 Å². The monoisotopic (exact) mass is 488 g/mol. The third-order valence-electron chi connectivity index (χ3n) is 6.57. The summed E-state index contributed by atoms with van der Waals surface area (Å²) in [6.45, 7) is 4.09. The van der Waals surface area contributed by atoms with Crippen LogP contribution in [0.15, 0.2) is 36.2 Å². The van der Waals surface area contributed by atoms with Crippen molar-refractivity contribution in [1.82, 2.24) is 15.6 Å². The Hall–Kier alpha value is -3.61. The van der Waals surface area contributed by atoms with Crippen LogP contribution in [0, 0.1) is 18.3 Å². The van der Waals surface area contributed by atoms with Crippen LogP contribution < -0.4 is 21.3 Å². The van der Waals surface area contributed by atoms with E-state index in [-0.39, 0.29) is 11.9 Å². The highest BCUT2D eigenvalue weighted by Gasteiger charge is 2.26. The van der Waals surface area contributed by atoms with Gasteiger partial charge in [-0.2, -0.15) is 5.26 Å². The summed E-state index contributed by atoms with van der Waals surface area (Å²) in [6.07, 6.45) is 4.10. The van der Waals surface area contributed by atoms with Crippen molar-refractivity contribution < 1.29 is 9.53 Å². The number of nitrogens with two attached hydrogens (primary N) is 1. The summed E-state index contributed by atoms with van der Waals surface area (Å²) in [4.78, 5) is 20.8. The summed E-state index contributed by atoms with van der Waals surface area (Å²) >= 11 is 1.33. The highest BCUT2D eigenvalue weighted by molar-refractivity contribution is 7.21. The number of aryl methyl sites for hydroxylation is 1. The van der Waals surface area contributed by atoms with Crippen LogP contribution >= 0.6 is 11.3 Å². The van der Waals surface area contributed by atoms with Gasteiger partial charge in [0, 0.05) is 36.9 Å². The van der Waals surface area contributed by atoms with Crippen LogP contribution in [0.1, 0.15) is 38.5 Å². The number of fused-ring (bicyclic) bond motifs is 2. The Labute approximate surface area is 208 Å². The number of carbonyl (C=O) groups is 1. The summed E-state index contributed by atoms with van der Waals surface area (Å²) < 4.78 is 5.70. The average Bonchev–Trinajstić information content (AvgIpc) is 3.19. The Morgan fingerprint density at radius 2 is 2.26 bits per heavy atom. The molecule has 2 aliphatic rings. The Balaban J connectivity index is 1.33. The summed E-state index contributed by atoms with van der Waals surface area (Å²) in [6, 6.07) is 10.3. The molecule has 1 aliphatic carbocycles. The highest BCUT2D eigenvalue weighted by atomic mass is 32.1. The van der Waals surface area contributed by atoms with E-state index in [1.165, 1.54) is 11.3 Å². The van der Waals surface area contributed by atoms with Gasteiger partial charge in [0.1, 0.15) is 28.1 Å². The number of pyridine rings is 1. The van der Waals surface area contributed by atoms with E-state index in [1.54, 1.807) is 0 Å². The molecule has 1 aliphatic heterocycles. The van der Waals surface area contributed by atoms with Crippen molar-refractivity contribution in [2.45, 2.75) is 32.2 Å². The number of benzene rings is 1. The predicted molar refractivity (Wildman–Crippen MR) is 139 cm³/mol. The number of anilines is 2. The van der Waals surface area contributed by atoms with Gasteiger partial charge in [0.25, 0.3) is 5.91 Å². The Bertz CT molecular complexity index is 1360. The molecule has 4 N–H and O–H groups in total. The molecule has 3 heterocycles. The fraction of sp³-hybridized carbons (Fsp3) is 0.346. The number of nitrogen functional groups attached to an aromatic ring is 1. The molecular formula is C26H28N6O2S. The predicted octanol–water partition coefficient (Wildman–Crippen LogP) is 3.24. The molecule has 9 heteroatoms. The van der Waals surface area contributed by atoms with Crippen LogP contribution in [0.25, 0.3) is 10.2 Å². The van der Waals surface area contributed by atoms with Crippen molar-refractivity contribution in [3.8, 4) is 6.07 Å². The van der Waals surface area contributed by atoms with Gasteiger partial charge in [-0.3, -0.25) is 4.79 Å². The van der Waals surface area contributed by atoms with Crippen molar-refractivity contribution in [3.63, 3.8) is 0 Å². The van der Waals surface area contributed by atoms with Crippen molar-refractivity contribution in [2.24, 2.45) is 0 Å². The third kappa shape index (κ3) is 4.55. The second-order valence-electron chi connectivity index (χ2n) is 9.00. The van der Waals surface area contributed by atoms with Crippen LogP contribution in [0.5, 0.6) is 0 Å². The first-order valence-electron chi connectivity index (χ1n) is 11.7. The van der Waals surface area contributed by atoms with Crippen molar-refractivity contribution >= 4 is 38.8 Å². The molecule has 8 nitrogen and oxygen atoms in total. The van der Waals surface area contributed by atoms with Crippen molar-refractivity contribution in [3.05, 3.63) is 63.5 Å². The number of nitriles is 1. The maximum absolute atomic E-state index is 13.1. The first-order valence-corrected chi connectivity index (χ1v) is 12.5. The molecule has 0 radical (unpaired) electrons. The Morgan fingerprint density at radius 3 is 3.03 bits per heavy atom. The highest BCUT2D eigenvalue weighted by Crippen LogP contribution is 2.34. The minimum absolute atomic E-state index is 0.0201. The van der Waals surface area contributed by atoms with Gasteiger partial charge in [-0.1, -0.05) is 6.07 Å². The molecule has 0 unspecified atom stereocenters. The molecule has 1 atom stereocenters. The third-order valence-corrected chi connectivity index (χ3v) is 7.68. The zero-order chi connectivity index (χ0) is 24.5. The molecule has 180 valence electrons. The quantitative estimate of drug-likeness (QED) is 0.516. The molecule has 0 bridgehead atoms. The van der Waals surface area contributed by atoms with Crippen LogP contribution in [0.3, 0.4) is 0 Å². The molecule has 1 saturated heterocycles. The van der Waals surface area contributed by atoms with E-state index in [0.717, 1.165) is 57.9 Å². The summed E-state index contributed by atoms with van der Waals surface area (Å²) in [5.74, 6) is 0.690. The Kier molecular flexibility index (Phi) is 6.32. The van der Waals surface area contributed by atoms with Crippen molar-refractivity contribution in [1.29, 1.82) is 5.26 Å². The van der Waals surface area contributed by atoms with Gasteiger partial charge in [-0.15, -0.1) is 11.3 Å². The van der Waals surface area contributed by atoms with Gasteiger partial charge >= 0.3 is 0 Å². The number of nitrogens with zero attached hydrogens (tertiary/aromatic N) is 3. The number of carbonyl (C=O) groups excluding carboxylic acids is 1. The van der Waals surface area contributed by atoms with Crippen LogP contribution in [0.2, 0.25) is 0 Å². The lowest BCUT2D eigenvalue weighted by atomic mass is 9.84. The first-order chi connectivity index (χ1) is 16.9. The molecule has 1 aromatic carbocycles. The maximum Gasteiger partial charge on any atom is 0.263 e. The number of morpholine rings is 1. The number of nitrogens with one attached hydrogen (secondary N) is 2. The van der Waals surface area contributed by atoms with E-state index < -0.39 is 0 Å². The number of ether oxygens (including phenoxy) is 1. The molecule has 0 spiro atoms. The number of hydrogen-bond donors (Lipinski definition) is 3. The van der Waals surface area contributed by atoms with Crippen LogP contribution in [-0.2, 0) is 17.6 Å². The molecule has 5 rings (SSSR count).